The molecule has 1 aliphatic carbocycles. The van der Waals surface area contributed by atoms with Gasteiger partial charge in [0.25, 0.3) is 0 Å². The van der Waals surface area contributed by atoms with Gasteiger partial charge < -0.3 is 10.6 Å². The Bertz CT molecular complexity index is 893. The van der Waals surface area contributed by atoms with Crippen LogP contribution in [0.2, 0.25) is 0 Å². The molecule has 6 nitrogen and oxygen atoms in total. The van der Waals surface area contributed by atoms with Crippen LogP contribution in [0.5, 0.6) is 0 Å². The van der Waals surface area contributed by atoms with Crippen LogP contribution in [-0.2, 0) is 12.0 Å². The predicted molar refractivity (Wildman–Crippen MR) is 119 cm³/mol. The molecule has 0 bridgehead atoms. The molecule has 3 aromatic rings. The molecule has 2 N–H and O–H groups in total. The molecular formula is C22H28N6S. The SMILES string of the molecule is CN=C(NCc1ccc(-n2ccnc2)nc1)NCC1(c2cccs2)CCCCC1. The fourth-order valence-corrected chi connectivity index (χ4v) is 5.03. The van der Waals surface area contributed by atoms with Crippen molar-refractivity contribution in [1.29, 1.82) is 0 Å². The smallest absolute Gasteiger partial charge is 0.191 e. The van der Waals surface area contributed by atoms with Crippen molar-refractivity contribution in [3.63, 3.8) is 0 Å². The molecule has 152 valence electrons. The second-order valence-corrected chi connectivity index (χ2v) is 8.54. The van der Waals surface area contributed by atoms with Crippen LogP contribution < -0.4 is 10.6 Å². The molecule has 7 heteroatoms. The van der Waals surface area contributed by atoms with E-state index in [9.17, 15) is 0 Å². The molecule has 29 heavy (non-hydrogen) atoms. The van der Waals surface area contributed by atoms with E-state index in [0.29, 0.717) is 6.54 Å². The number of pyridine rings is 1. The maximum atomic E-state index is 4.51. The van der Waals surface area contributed by atoms with E-state index in [0.717, 1.165) is 23.9 Å². The number of aromatic nitrogens is 3. The van der Waals surface area contributed by atoms with Gasteiger partial charge in [0, 0.05) is 49.0 Å². The van der Waals surface area contributed by atoms with Crippen molar-refractivity contribution in [3.05, 3.63) is 65.0 Å². The zero-order valence-electron chi connectivity index (χ0n) is 16.8. The van der Waals surface area contributed by atoms with Gasteiger partial charge in [0.05, 0.1) is 0 Å². The number of thiophene rings is 1. The molecule has 1 saturated carbocycles. The summed E-state index contributed by atoms with van der Waals surface area (Å²) in [6.45, 7) is 1.61. The average molecular weight is 409 g/mol. The van der Waals surface area contributed by atoms with E-state index >= 15 is 0 Å². The van der Waals surface area contributed by atoms with Gasteiger partial charge in [-0.05, 0) is 35.9 Å². The highest BCUT2D eigenvalue weighted by Crippen LogP contribution is 2.41. The first-order valence-corrected chi connectivity index (χ1v) is 11.1. The van der Waals surface area contributed by atoms with Crippen LogP contribution in [0.15, 0.2) is 59.6 Å². The lowest BCUT2D eigenvalue weighted by Gasteiger charge is -2.37. The summed E-state index contributed by atoms with van der Waals surface area (Å²) in [6.07, 6.45) is 13.7. The first-order valence-electron chi connectivity index (χ1n) is 10.2. The molecule has 3 heterocycles. The maximum Gasteiger partial charge on any atom is 0.191 e. The molecule has 0 spiro atoms. The molecule has 4 rings (SSSR count). The first kappa shape index (κ1) is 19.6. The van der Waals surface area contributed by atoms with E-state index in [4.69, 9.17) is 0 Å². The third-order valence-corrected chi connectivity index (χ3v) is 6.83. The monoisotopic (exact) mass is 408 g/mol. The molecule has 0 saturated heterocycles. The zero-order chi connectivity index (χ0) is 19.9. The Balaban J connectivity index is 1.34. The fraction of sp³-hybridized carbons (Fsp3) is 0.409. The molecule has 0 aliphatic heterocycles. The summed E-state index contributed by atoms with van der Waals surface area (Å²) < 4.78 is 1.89. The standard InChI is InChI=1S/C22H28N6S/c1-23-21(26-15-18-7-8-20(25-14-18)28-12-11-24-17-28)27-16-22(9-3-2-4-10-22)19-6-5-13-29-19/h5-8,11-14,17H,2-4,9-10,15-16H2,1H3,(H2,23,26,27). The van der Waals surface area contributed by atoms with Crippen LogP contribution in [0.25, 0.3) is 5.82 Å². The molecule has 0 atom stereocenters. The Morgan fingerprint density at radius 2 is 2.10 bits per heavy atom. The van der Waals surface area contributed by atoms with Crippen molar-refractivity contribution in [1.82, 2.24) is 25.2 Å². The van der Waals surface area contributed by atoms with Crippen LogP contribution in [0.1, 0.15) is 42.5 Å². The van der Waals surface area contributed by atoms with Gasteiger partial charge in [-0.3, -0.25) is 9.56 Å². The highest BCUT2D eigenvalue weighted by Gasteiger charge is 2.34. The van der Waals surface area contributed by atoms with E-state index in [1.165, 1.54) is 37.0 Å². The molecule has 1 fully saturated rings. The van der Waals surface area contributed by atoms with Gasteiger partial charge >= 0.3 is 0 Å². The van der Waals surface area contributed by atoms with E-state index in [2.05, 4.69) is 49.2 Å². The number of imidazole rings is 1. The minimum atomic E-state index is 0.234. The number of aliphatic imine (C=N–C) groups is 1. The quantitative estimate of drug-likeness (QED) is 0.480. The van der Waals surface area contributed by atoms with Gasteiger partial charge in [0.1, 0.15) is 12.1 Å². The zero-order valence-corrected chi connectivity index (χ0v) is 17.7. The maximum absolute atomic E-state index is 4.51. The highest BCUT2D eigenvalue weighted by atomic mass is 32.1. The van der Waals surface area contributed by atoms with Crippen LogP contribution in [0.3, 0.4) is 0 Å². The van der Waals surface area contributed by atoms with Crippen LogP contribution in [0.4, 0.5) is 0 Å². The van der Waals surface area contributed by atoms with E-state index in [1.54, 1.807) is 12.5 Å². The Morgan fingerprint density at radius 3 is 2.76 bits per heavy atom. The summed E-state index contributed by atoms with van der Waals surface area (Å²) in [5, 5.41) is 9.20. The molecule has 0 radical (unpaired) electrons. The number of rotatable bonds is 6. The summed E-state index contributed by atoms with van der Waals surface area (Å²) in [4.78, 5) is 14.5. The Hall–Kier alpha value is -2.67. The second-order valence-electron chi connectivity index (χ2n) is 7.59. The highest BCUT2D eigenvalue weighted by molar-refractivity contribution is 7.10. The third-order valence-electron chi connectivity index (χ3n) is 5.71. The van der Waals surface area contributed by atoms with Gasteiger partial charge in [0.2, 0.25) is 0 Å². The molecule has 0 aromatic carbocycles. The summed E-state index contributed by atoms with van der Waals surface area (Å²) in [7, 11) is 1.83. The molecule has 3 aromatic heterocycles. The minimum absolute atomic E-state index is 0.234. The number of guanidine groups is 1. The van der Waals surface area contributed by atoms with Crippen LogP contribution >= 0.6 is 11.3 Å². The van der Waals surface area contributed by atoms with E-state index in [-0.39, 0.29) is 5.41 Å². The van der Waals surface area contributed by atoms with Crippen LogP contribution in [-0.4, -0.2) is 34.1 Å². The molecule has 0 amide bonds. The number of hydrogen-bond acceptors (Lipinski definition) is 4. The molecule has 0 unspecified atom stereocenters. The van der Waals surface area contributed by atoms with Gasteiger partial charge in [-0.2, -0.15) is 0 Å². The normalized spacial score (nSPS) is 16.5. The Morgan fingerprint density at radius 1 is 1.21 bits per heavy atom. The molecule has 1 aliphatic rings. The van der Waals surface area contributed by atoms with Crippen molar-refractivity contribution in [2.45, 2.75) is 44.1 Å². The minimum Gasteiger partial charge on any atom is -0.355 e. The number of hydrogen-bond donors (Lipinski definition) is 2. The van der Waals surface area contributed by atoms with Gasteiger partial charge in [-0.25, -0.2) is 9.97 Å². The molecular weight excluding hydrogens is 380 g/mol. The number of nitrogens with zero attached hydrogens (tertiary/aromatic N) is 4. The van der Waals surface area contributed by atoms with Gasteiger partial charge in [0.15, 0.2) is 5.96 Å². The van der Waals surface area contributed by atoms with Gasteiger partial charge in [-0.15, -0.1) is 11.3 Å². The summed E-state index contributed by atoms with van der Waals surface area (Å²) in [6, 6.07) is 8.55. The fourth-order valence-electron chi connectivity index (χ4n) is 4.05. The lowest BCUT2D eigenvalue weighted by atomic mass is 9.73. The van der Waals surface area contributed by atoms with Crippen molar-refractivity contribution in [3.8, 4) is 5.82 Å². The Kier molecular flexibility index (Phi) is 6.24. The lowest BCUT2D eigenvalue weighted by Crippen LogP contribution is -2.46. The average Bonchev–Trinajstić information content (AvgIpc) is 3.50. The largest absolute Gasteiger partial charge is 0.355 e. The van der Waals surface area contributed by atoms with Gasteiger partial charge in [-0.1, -0.05) is 31.4 Å². The van der Waals surface area contributed by atoms with Crippen molar-refractivity contribution in [2.75, 3.05) is 13.6 Å². The third kappa shape index (κ3) is 4.67. The van der Waals surface area contributed by atoms with Crippen LogP contribution in [0, 0.1) is 0 Å². The summed E-state index contributed by atoms with van der Waals surface area (Å²) in [5.74, 6) is 1.70. The summed E-state index contributed by atoms with van der Waals surface area (Å²) in [5.41, 5.74) is 1.35. The van der Waals surface area contributed by atoms with E-state index in [1.807, 2.05) is 41.4 Å². The van der Waals surface area contributed by atoms with Crippen molar-refractivity contribution in [2.24, 2.45) is 4.99 Å². The first-order chi connectivity index (χ1) is 14.3. The predicted octanol–water partition coefficient (Wildman–Crippen LogP) is 3.90. The number of nitrogens with one attached hydrogen (secondary N) is 2. The summed E-state index contributed by atoms with van der Waals surface area (Å²) >= 11 is 1.88. The second kappa shape index (κ2) is 9.22. The van der Waals surface area contributed by atoms with Crippen molar-refractivity contribution < 1.29 is 0 Å². The lowest BCUT2D eigenvalue weighted by molar-refractivity contribution is 0.296. The topological polar surface area (TPSA) is 67.1 Å². The Labute approximate surface area is 176 Å². The van der Waals surface area contributed by atoms with E-state index < -0.39 is 0 Å². The van der Waals surface area contributed by atoms with Crippen molar-refractivity contribution >= 4 is 17.3 Å².